The van der Waals surface area contributed by atoms with Gasteiger partial charge in [-0.15, -0.1) is 0 Å². The lowest BCUT2D eigenvalue weighted by Crippen LogP contribution is -2.48. The minimum Gasteiger partial charge on any atom is -0.466 e. The van der Waals surface area contributed by atoms with Crippen LogP contribution in [0.3, 0.4) is 0 Å². The lowest BCUT2D eigenvalue weighted by molar-refractivity contribution is -0.149. The van der Waals surface area contributed by atoms with Gasteiger partial charge in [-0.1, -0.05) is 30.3 Å². The predicted molar refractivity (Wildman–Crippen MR) is 110 cm³/mol. The minimum atomic E-state index is -0.0600. The standard InChI is InChI=1S/C22H33N3O3/c1-3-27-21(26)18-11-13-25(14-12-18)22(23-2)24-16-19-10-7-15-28-20(19)17-8-5-4-6-9-17/h4-6,8-9,18-20H,3,7,10-16H2,1-2H3,(H,23,24). The van der Waals surface area contributed by atoms with Crippen LogP contribution in [0.25, 0.3) is 0 Å². The second kappa shape index (κ2) is 10.5. The normalized spacial score (nSPS) is 24.1. The number of carbonyl (C=O) groups is 1. The molecule has 154 valence electrons. The number of piperidine rings is 1. The summed E-state index contributed by atoms with van der Waals surface area (Å²) in [6.45, 7) is 5.62. The molecule has 28 heavy (non-hydrogen) atoms. The van der Waals surface area contributed by atoms with Crippen molar-refractivity contribution in [3.8, 4) is 0 Å². The molecule has 0 saturated carbocycles. The summed E-state index contributed by atoms with van der Waals surface area (Å²) in [5.74, 6) is 1.29. The number of hydrogen-bond donors (Lipinski definition) is 1. The van der Waals surface area contributed by atoms with Crippen LogP contribution in [-0.4, -0.2) is 56.7 Å². The Labute approximate surface area is 168 Å². The highest BCUT2D eigenvalue weighted by molar-refractivity contribution is 5.80. The summed E-state index contributed by atoms with van der Waals surface area (Å²) in [5.41, 5.74) is 1.25. The third kappa shape index (κ3) is 5.25. The molecule has 0 spiro atoms. The number of carbonyl (C=O) groups excluding carboxylic acids is 1. The van der Waals surface area contributed by atoms with Gasteiger partial charge in [-0.25, -0.2) is 0 Å². The minimum absolute atomic E-state index is 0.0171. The van der Waals surface area contributed by atoms with Crippen LogP contribution < -0.4 is 5.32 Å². The van der Waals surface area contributed by atoms with E-state index in [1.807, 2.05) is 20.0 Å². The monoisotopic (exact) mass is 387 g/mol. The molecular formula is C22H33N3O3. The molecule has 2 aliphatic rings. The van der Waals surface area contributed by atoms with Crippen molar-refractivity contribution in [2.75, 3.05) is 39.9 Å². The summed E-state index contributed by atoms with van der Waals surface area (Å²) in [5, 5.41) is 3.56. The number of guanidine groups is 1. The molecule has 1 N–H and O–H groups in total. The van der Waals surface area contributed by atoms with Crippen LogP contribution >= 0.6 is 0 Å². The van der Waals surface area contributed by atoms with Gasteiger partial charge >= 0.3 is 5.97 Å². The van der Waals surface area contributed by atoms with E-state index < -0.39 is 0 Å². The number of aliphatic imine (C=N–C) groups is 1. The second-order valence-electron chi connectivity index (χ2n) is 7.55. The van der Waals surface area contributed by atoms with Crippen LogP contribution in [-0.2, 0) is 14.3 Å². The average Bonchev–Trinajstić information content (AvgIpc) is 2.76. The van der Waals surface area contributed by atoms with Crippen molar-refractivity contribution in [3.63, 3.8) is 0 Å². The molecular weight excluding hydrogens is 354 g/mol. The van der Waals surface area contributed by atoms with Gasteiger partial charge in [0.15, 0.2) is 5.96 Å². The topological polar surface area (TPSA) is 63.2 Å². The van der Waals surface area contributed by atoms with Gasteiger partial charge < -0.3 is 19.7 Å². The van der Waals surface area contributed by atoms with E-state index in [0.29, 0.717) is 12.5 Å². The quantitative estimate of drug-likeness (QED) is 0.478. The molecule has 2 saturated heterocycles. The maximum absolute atomic E-state index is 11.9. The zero-order valence-electron chi connectivity index (χ0n) is 17.1. The van der Waals surface area contributed by atoms with Gasteiger partial charge in [0.25, 0.3) is 0 Å². The number of likely N-dealkylation sites (tertiary alicyclic amines) is 1. The van der Waals surface area contributed by atoms with E-state index in [1.54, 1.807) is 0 Å². The Morgan fingerprint density at radius 1 is 1.25 bits per heavy atom. The van der Waals surface area contributed by atoms with Crippen LogP contribution in [0.2, 0.25) is 0 Å². The number of rotatable bonds is 5. The number of nitrogens with one attached hydrogen (secondary N) is 1. The molecule has 6 heteroatoms. The number of nitrogens with zero attached hydrogens (tertiary/aromatic N) is 2. The van der Waals surface area contributed by atoms with E-state index in [9.17, 15) is 4.79 Å². The van der Waals surface area contributed by atoms with Crippen LogP contribution in [0.1, 0.15) is 44.3 Å². The van der Waals surface area contributed by atoms with E-state index >= 15 is 0 Å². The summed E-state index contributed by atoms with van der Waals surface area (Å²) in [4.78, 5) is 18.7. The fourth-order valence-corrected chi connectivity index (χ4v) is 4.21. The van der Waals surface area contributed by atoms with Crippen molar-refractivity contribution < 1.29 is 14.3 Å². The van der Waals surface area contributed by atoms with Crippen molar-refractivity contribution >= 4 is 11.9 Å². The van der Waals surface area contributed by atoms with E-state index in [4.69, 9.17) is 9.47 Å². The summed E-state index contributed by atoms with van der Waals surface area (Å²) in [7, 11) is 1.83. The molecule has 0 bridgehead atoms. The molecule has 2 aliphatic heterocycles. The van der Waals surface area contributed by atoms with Gasteiger partial charge in [0.1, 0.15) is 0 Å². The lowest BCUT2D eigenvalue weighted by Gasteiger charge is -2.36. The van der Waals surface area contributed by atoms with Crippen molar-refractivity contribution in [1.29, 1.82) is 0 Å². The van der Waals surface area contributed by atoms with Gasteiger partial charge in [-0.2, -0.15) is 0 Å². The zero-order chi connectivity index (χ0) is 19.8. The van der Waals surface area contributed by atoms with Gasteiger partial charge in [-0.3, -0.25) is 9.79 Å². The van der Waals surface area contributed by atoms with Gasteiger partial charge in [0, 0.05) is 39.2 Å². The number of benzene rings is 1. The Bertz CT molecular complexity index is 642. The average molecular weight is 388 g/mol. The molecule has 0 radical (unpaired) electrons. The van der Waals surface area contributed by atoms with Gasteiger partial charge in [0.2, 0.25) is 0 Å². The molecule has 3 rings (SSSR count). The molecule has 0 amide bonds. The first kappa shape index (κ1) is 20.6. The predicted octanol–water partition coefficient (Wildman–Crippen LogP) is 3.00. The Hall–Kier alpha value is -2.08. The maximum atomic E-state index is 11.9. The molecule has 1 aromatic carbocycles. The third-order valence-corrected chi connectivity index (χ3v) is 5.72. The van der Waals surface area contributed by atoms with E-state index in [2.05, 4.69) is 39.5 Å². The molecule has 2 fully saturated rings. The zero-order valence-corrected chi connectivity index (χ0v) is 17.1. The fraction of sp³-hybridized carbons (Fsp3) is 0.636. The first-order chi connectivity index (χ1) is 13.7. The largest absolute Gasteiger partial charge is 0.466 e. The highest BCUT2D eigenvalue weighted by Crippen LogP contribution is 2.33. The Balaban J connectivity index is 1.53. The highest BCUT2D eigenvalue weighted by atomic mass is 16.5. The Morgan fingerprint density at radius 2 is 2.00 bits per heavy atom. The third-order valence-electron chi connectivity index (χ3n) is 5.72. The summed E-state index contributed by atoms with van der Waals surface area (Å²) < 4.78 is 11.3. The first-order valence-electron chi connectivity index (χ1n) is 10.5. The van der Waals surface area contributed by atoms with Crippen LogP contribution in [0.5, 0.6) is 0 Å². The maximum Gasteiger partial charge on any atom is 0.309 e. The number of hydrogen-bond acceptors (Lipinski definition) is 4. The van der Waals surface area contributed by atoms with Crippen LogP contribution in [0.4, 0.5) is 0 Å². The Kier molecular flexibility index (Phi) is 7.71. The summed E-state index contributed by atoms with van der Waals surface area (Å²) >= 11 is 0. The number of esters is 1. The molecule has 1 aromatic rings. The van der Waals surface area contributed by atoms with Crippen LogP contribution in [0, 0.1) is 11.8 Å². The van der Waals surface area contributed by atoms with E-state index in [0.717, 1.165) is 57.9 Å². The molecule has 2 atom stereocenters. The SMILES string of the molecule is CCOC(=O)C1CCN(C(=NC)NCC2CCCOC2c2ccccc2)CC1. The van der Waals surface area contributed by atoms with E-state index in [1.165, 1.54) is 5.56 Å². The molecule has 0 aromatic heterocycles. The second-order valence-corrected chi connectivity index (χ2v) is 7.55. The molecule has 0 aliphatic carbocycles. The van der Waals surface area contributed by atoms with Crippen LogP contribution in [0.15, 0.2) is 35.3 Å². The molecule has 2 heterocycles. The van der Waals surface area contributed by atoms with Crippen molar-refractivity contribution in [1.82, 2.24) is 10.2 Å². The highest BCUT2D eigenvalue weighted by Gasteiger charge is 2.30. The summed E-state index contributed by atoms with van der Waals surface area (Å²) in [6, 6.07) is 10.5. The van der Waals surface area contributed by atoms with Gasteiger partial charge in [0.05, 0.1) is 18.6 Å². The lowest BCUT2D eigenvalue weighted by atomic mass is 9.89. The fourth-order valence-electron chi connectivity index (χ4n) is 4.21. The molecule has 6 nitrogen and oxygen atoms in total. The first-order valence-corrected chi connectivity index (χ1v) is 10.5. The van der Waals surface area contributed by atoms with Crippen molar-refractivity contribution in [2.45, 2.75) is 38.7 Å². The molecule has 2 unspecified atom stereocenters. The van der Waals surface area contributed by atoms with E-state index in [-0.39, 0.29) is 18.0 Å². The number of ether oxygens (including phenoxy) is 2. The van der Waals surface area contributed by atoms with Crippen molar-refractivity contribution in [2.24, 2.45) is 16.8 Å². The van der Waals surface area contributed by atoms with Gasteiger partial charge in [-0.05, 0) is 38.2 Å². The smallest absolute Gasteiger partial charge is 0.309 e. The Morgan fingerprint density at radius 3 is 2.68 bits per heavy atom. The van der Waals surface area contributed by atoms with Crippen molar-refractivity contribution in [3.05, 3.63) is 35.9 Å². The summed E-state index contributed by atoms with van der Waals surface area (Å²) in [6.07, 6.45) is 4.01.